The van der Waals surface area contributed by atoms with Crippen LogP contribution in [0.2, 0.25) is 0 Å². The molecule has 0 spiro atoms. The number of phenols is 1. The first-order valence-corrected chi connectivity index (χ1v) is 13.3. The third-order valence-electron chi connectivity index (χ3n) is 8.17. The van der Waals surface area contributed by atoms with E-state index in [0.717, 1.165) is 0 Å². The molecule has 0 bridgehead atoms. The first-order valence-electron chi connectivity index (χ1n) is 13.3. The maximum absolute atomic E-state index is 14.0. The Balaban J connectivity index is 1.90. The molecule has 0 saturated heterocycles. The summed E-state index contributed by atoms with van der Waals surface area (Å²) in [5, 5.41) is 45.4. The van der Waals surface area contributed by atoms with E-state index in [2.05, 4.69) is 0 Å². The summed E-state index contributed by atoms with van der Waals surface area (Å²) in [7, 11) is 6.84. The van der Waals surface area contributed by atoms with Crippen molar-refractivity contribution in [3.8, 4) is 5.75 Å². The number of amides is 1. The highest BCUT2D eigenvalue weighted by atomic mass is 16.5. The Morgan fingerprint density at radius 3 is 2.30 bits per heavy atom. The van der Waals surface area contributed by atoms with Crippen LogP contribution >= 0.6 is 0 Å². The van der Waals surface area contributed by atoms with Crippen LogP contribution in [0.5, 0.6) is 5.75 Å². The van der Waals surface area contributed by atoms with Gasteiger partial charge in [-0.1, -0.05) is 0 Å². The summed E-state index contributed by atoms with van der Waals surface area (Å²) in [6.07, 6.45) is 0.592. The fraction of sp³-hybridized carbons (Fsp3) is 0.552. The Bertz CT molecular complexity index is 1350. The van der Waals surface area contributed by atoms with Crippen LogP contribution in [0.25, 0.3) is 0 Å². The third-order valence-corrected chi connectivity index (χ3v) is 8.17. The van der Waals surface area contributed by atoms with E-state index in [1.165, 1.54) is 4.90 Å². The lowest BCUT2D eigenvalue weighted by atomic mass is 9.58. The van der Waals surface area contributed by atoms with E-state index < -0.39 is 63.6 Å². The van der Waals surface area contributed by atoms with E-state index in [1.807, 2.05) is 45.8 Å². The fourth-order valence-corrected chi connectivity index (χ4v) is 6.41. The number of aliphatic hydroxyl groups excluding tert-OH is 2. The second-order valence-electron chi connectivity index (χ2n) is 12.3. The number of hydrogen-bond acceptors (Lipinski definition) is 10. The number of aliphatic hydroxyl groups is 3. The SMILES string of the molecule is CN(C)c1cc(CCOC(C)(C)C)c(O)c2c1CC1CC3C(N(C)C)C(O)=C(C(N)=O)C(=O)C3(O)C(O)=C1C2=O. The van der Waals surface area contributed by atoms with Gasteiger partial charge in [0.25, 0.3) is 5.91 Å². The number of nitrogens with zero attached hydrogens (tertiary/aromatic N) is 2. The Morgan fingerprint density at radius 1 is 1.15 bits per heavy atom. The first-order chi connectivity index (χ1) is 18.4. The number of carbonyl (C=O) groups is 3. The summed E-state index contributed by atoms with van der Waals surface area (Å²) in [6, 6.07) is 0.791. The summed E-state index contributed by atoms with van der Waals surface area (Å²) >= 11 is 0. The van der Waals surface area contributed by atoms with Crippen LogP contribution < -0.4 is 10.6 Å². The van der Waals surface area contributed by atoms with Gasteiger partial charge in [0.2, 0.25) is 5.78 Å². The van der Waals surface area contributed by atoms with E-state index >= 15 is 0 Å². The molecule has 1 aromatic carbocycles. The molecule has 40 heavy (non-hydrogen) atoms. The van der Waals surface area contributed by atoms with Gasteiger partial charge in [-0.25, -0.2) is 0 Å². The molecule has 0 saturated carbocycles. The van der Waals surface area contributed by atoms with Crippen molar-refractivity contribution in [3.05, 3.63) is 45.4 Å². The van der Waals surface area contributed by atoms with E-state index in [9.17, 15) is 34.8 Å². The molecule has 11 nitrogen and oxygen atoms in total. The molecule has 0 radical (unpaired) electrons. The highest BCUT2D eigenvalue weighted by Crippen LogP contribution is 2.53. The molecule has 4 atom stereocenters. The largest absolute Gasteiger partial charge is 0.510 e. The first kappa shape index (κ1) is 29.6. The molecule has 1 aromatic rings. The van der Waals surface area contributed by atoms with Gasteiger partial charge in [0, 0.05) is 31.3 Å². The van der Waals surface area contributed by atoms with Crippen LogP contribution in [0.4, 0.5) is 5.69 Å². The zero-order chi connectivity index (χ0) is 30.1. The van der Waals surface area contributed by atoms with E-state index in [4.69, 9.17) is 10.5 Å². The van der Waals surface area contributed by atoms with Crippen molar-refractivity contribution in [2.24, 2.45) is 17.6 Å². The molecule has 0 aromatic heterocycles. The fourth-order valence-electron chi connectivity index (χ4n) is 6.41. The second-order valence-corrected chi connectivity index (χ2v) is 12.3. The van der Waals surface area contributed by atoms with Crippen LogP contribution in [-0.2, 0) is 27.2 Å². The summed E-state index contributed by atoms with van der Waals surface area (Å²) in [5.41, 5.74) is 3.10. The van der Waals surface area contributed by atoms with E-state index in [1.54, 1.807) is 14.1 Å². The van der Waals surface area contributed by atoms with Crippen molar-refractivity contribution in [2.75, 3.05) is 39.7 Å². The number of hydrogen-bond donors (Lipinski definition) is 5. The molecule has 4 unspecified atom stereocenters. The lowest BCUT2D eigenvalue weighted by Gasteiger charge is -2.50. The predicted octanol–water partition coefficient (Wildman–Crippen LogP) is 1.54. The summed E-state index contributed by atoms with van der Waals surface area (Å²) in [4.78, 5) is 43.0. The Hall–Kier alpha value is -3.41. The zero-order valence-corrected chi connectivity index (χ0v) is 24.0. The molecule has 0 fully saturated rings. The number of phenolic OH excluding ortho intramolecular Hbond substituents is 1. The zero-order valence-electron chi connectivity index (χ0n) is 24.0. The lowest BCUT2D eigenvalue weighted by Crippen LogP contribution is -2.63. The average molecular weight is 558 g/mol. The van der Waals surface area contributed by atoms with Gasteiger partial charge in [-0.05, 0) is 77.2 Å². The van der Waals surface area contributed by atoms with Crippen molar-refractivity contribution >= 4 is 23.2 Å². The summed E-state index contributed by atoms with van der Waals surface area (Å²) in [5.74, 6) is -6.62. The van der Waals surface area contributed by atoms with Gasteiger partial charge in [0.05, 0.1) is 23.8 Å². The quantitative estimate of drug-likeness (QED) is 0.323. The molecule has 4 rings (SSSR count). The van der Waals surface area contributed by atoms with Gasteiger partial charge in [-0.3, -0.25) is 19.3 Å². The van der Waals surface area contributed by atoms with Gasteiger partial charge < -0.3 is 35.8 Å². The van der Waals surface area contributed by atoms with Gasteiger partial charge in [0.1, 0.15) is 22.8 Å². The van der Waals surface area contributed by atoms with Crippen molar-refractivity contribution in [3.63, 3.8) is 0 Å². The molecule has 0 aliphatic heterocycles. The highest BCUT2D eigenvalue weighted by molar-refractivity contribution is 6.24. The predicted molar refractivity (Wildman–Crippen MR) is 147 cm³/mol. The van der Waals surface area contributed by atoms with Crippen LogP contribution in [0.1, 0.15) is 48.7 Å². The maximum atomic E-state index is 14.0. The van der Waals surface area contributed by atoms with Crippen LogP contribution in [-0.4, -0.2) is 94.8 Å². The number of likely N-dealkylation sites (N-methyl/N-ethyl adjacent to an activating group) is 1. The van der Waals surface area contributed by atoms with Gasteiger partial charge in [-0.15, -0.1) is 0 Å². The number of Topliss-reactive ketones (excluding diaryl/α,β-unsaturated/α-hetero) is 2. The smallest absolute Gasteiger partial charge is 0.255 e. The molecule has 3 aliphatic carbocycles. The topological polar surface area (TPSA) is 174 Å². The molecule has 3 aliphatic rings. The van der Waals surface area contributed by atoms with Gasteiger partial charge >= 0.3 is 0 Å². The molecule has 218 valence electrons. The van der Waals surface area contributed by atoms with Crippen LogP contribution in [0.15, 0.2) is 28.7 Å². The Labute approximate surface area is 233 Å². The number of ether oxygens (including phenoxy) is 1. The Kier molecular flexibility index (Phi) is 7.32. The highest BCUT2D eigenvalue weighted by Gasteiger charge is 2.63. The van der Waals surface area contributed by atoms with Crippen molar-refractivity contribution in [2.45, 2.75) is 57.3 Å². The molecular weight excluding hydrogens is 518 g/mol. The Morgan fingerprint density at radius 2 is 1.77 bits per heavy atom. The normalized spacial score (nSPS) is 26.6. The molecule has 6 N–H and O–H groups in total. The average Bonchev–Trinajstić information content (AvgIpc) is 2.81. The number of nitrogens with two attached hydrogens (primary N) is 1. The molecular formula is C29H39N3O8. The summed E-state index contributed by atoms with van der Waals surface area (Å²) < 4.78 is 5.82. The number of fused-ring (bicyclic) bond motifs is 3. The number of rotatable bonds is 6. The van der Waals surface area contributed by atoms with Crippen molar-refractivity contribution < 1.29 is 39.5 Å². The van der Waals surface area contributed by atoms with Crippen molar-refractivity contribution in [1.29, 1.82) is 0 Å². The molecule has 0 heterocycles. The maximum Gasteiger partial charge on any atom is 0.255 e. The van der Waals surface area contributed by atoms with Crippen molar-refractivity contribution in [1.82, 2.24) is 4.90 Å². The number of benzene rings is 1. The number of primary amides is 1. The minimum atomic E-state index is -2.66. The number of carbonyl (C=O) groups excluding carboxylic acids is 3. The third kappa shape index (κ3) is 4.46. The van der Waals surface area contributed by atoms with Crippen LogP contribution in [0.3, 0.4) is 0 Å². The lowest BCUT2D eigenvalue weighted by molar-refractivity contribution is -0.148. The summed E-state index contributed by atoms with van der Waals surface area (Å²) in [6.45, 7) is 6.03. The van der Waals surface area contributed by atoms with E-state index in [0.29, 0.717) is 29.8 Å². The second kappa shape index (κ2) is 9.90. The van der Waals surface area contributed by atoms with Crippen LogP contribution in [0, 0.1) is 11.8 Å². The number of anilines is 1. The standard InChI is InChI=1S/C29H39N3O8/c1-28(2,3)40-9-8-13-12-17(31(4)5)15-10-14-11-16-21(32(6)7)24(35)20(27(30)38)26(37)29(16,39)25(36)18(14)23(34)19(15)22(13)33/h12,14,16,21,33,35-36,39H,8-11H2,1-7H3,(H2,30,38). The molecule has 1 amide bonds. The number of allylic oxidation sites excluding steroid dienone is 1. The monoisotopic (exact) mass is 557 g/mol. The molecule has 11 heteroatoms. The van der Waals surface area contributed by atoms with E-state index in [-0.39, 0.29) is 29.7 Å². The minimum Gasteiger partial charge on any atom is -0.510 e. The minimum absolute atomic E-state index is 0.00209. The number of ketones is 2. The van der Waals surface area contributed by atoms with Gasteiger partial charge in [0.15, 0.2) is 11.4 Å². The van der Waals surface area contributed by atoms with Gasteiger partial charge in [-0.2, -0.15) is 0 Å². The number of aromatic hydroxyl groups is 1.